The van der Waals surface area contributed by atoms with Crippen LogP contribution in [0.2, 0.25) is 0 Å². The molecule has 0 bridgehead atoms. The van der Waals surface area contributed by atoms with E-state index in [1.165, 1.54) is 37.4 Å². The number of methoxy groups -OCH3 is 1. The van der Waals surface area contributed by atoms with E-state index in [1.54, 1.807) is 12.1 Å². The van der Waals surface area contributed by atoms with Crippen molar-refractivity contribution in [1.29, 1.82) is 0 Å². The summed E-state index contributed by atoms with van der Waals surface area (Å²) in [6, 6.07) is 9.87. The fourth-order valence-electron chi connectivity index (χ4n) is 4.24. The lowest BCUT2D eigenvalue weighted by atomic mass is 9.81. The van der Waals surface area contributed by atoms with Crippen LogP contribution in [-0.4, -0.2) is 42.8 Å². The van der Waals surface area contributed by atoms with Crippen molar-refractivity contribution in [3.8, 4) is 11.5 Å². The Balaban J connectivity index is 1.80. The third-order valence-corrected chi connectivity index (χ3v) is 5.88. The second-order valence-electron chi connectivity index (χ2n) is 8.43. The number of hydrogen-bond acceptors (Lipinski definition) is 7. The molecule has 4 rings (SSSR count). The summed E-state index contributed by atoms with van der Waals surface area (Å²) in [6.45, 7) is 1.27. The molecule has 13 heteroatoms. The molecule has 1 aromatic heterocycles. The van der Waals surface area contributed by atoms with E-state index >= 15 is 0 Å². The number of anilines is 1. The van der Waals surface area contributed by atoms with Gasteiger partial charge in [0.1, 0.15) is 17.0 Å². The van der Waals surface area contributed by atoms with Gasteiger partial charge in [-0.25, -0.2) is 9.18 Å². The first-order chi connectivity index (χ1) is 18.4. The third kappa shape index (κ3) is 5.76. The number of fused-ring (bicyclic) bond motifs is 1. The molecule has 2 aromatic carbocycles. The highest BCUT2D eigenvalue weighted by Crippen LogP contribution is 2.42. The van der Waals surface area contributed by atoms with E-state index in [2.05, 4.69) is 20.4 Å². The maximum atomic E-state index is 14.8. The molecule has 3 aromatic rings. The summed E-state index contributed by atoms with van der Waals surface area (Å²) >= 11 is 0. The van der Waals surface area contributed by atoms with Gasteiger partial charge in [0.2, 0.25) is 5.91 Å². The molecule has 0 saturated carbocycles. The summed E-state index contributed by atoms with van der Waals surface area (Å²) < 4.78 is 67.0. The minimum Gasteiger partial charge on any atom is -0.491 e. The van der Waals surface area contributed by atoms with Gasteiger partial charge in [0.15, 0.2) is 11.6 Å². The number of benzene rings is 2. The van der Waals surface area contributed by atoms with Crippen molar-refractivity contribution in [3.63, 3.8) is 0 Å². The van der Waals surface area contributed by atoms with Crippen LogP contribution in [-0.2, 0) is 15.1 Å². The predicted molar refractivity (Wildman–Crippen MR) is 128 cm³/mol. The van der Waals surface area contributed by atoms with Crippen LogP contribution in [0.1, 0.15) is 45.3 Å². The zero-order chi connectivity index (χ0) is 28.4. The molecule has 0 aliphatic carbocycles. The molecule has 1 aliphatic heterocycles. The number of pyridine rings is 1. The summed E-state index contributed by atoms with van der Waals surface area (Å²) in [6.07, 6.45) is -3.64. The van der Waals surface area contributed by atoms with Gasteiger partial charge >= 0.3 is 12.3 Å². The van der Waals surface area contributed by atoms with Gasteiger partial charge in [0.05, 0.1) is 25.0 Å². The largest absolute Gasteiger partial charge is 0.573 e. The monoisotopic (exact) mass is 547 g/mol. The molecule has 39 heavy (non-hydrogen) atoms. The molecule has 2 N–H and O–H groups in total. The van der Waals surface area contributed by atoms with Gasteiger partial charge in [0.25, 0.3) is 5.91 Å². The molecule has 2 heterocycles. The molecular formula is C26H21F4N3O6. The van der Waals surface area contributed by atoms with Crippen molar-refractivity contribution in [2.24, 2.45) is 0 Å². The van der Waals surface area contributed by atoms with Crippen LogP contribution in [0.5, 0.6) is 11.5 Å². The summed E-state index contributed by atoms with van der Waals surface area (Å²) in [5.41, 5.74) is -1.23. The lowest BCUT2D eigenvalue weighted by Crippen LogP contribution is -2.50. The molecule has 1 aliphatic rings. The van der Waals surface area contributed by atoms with Crippen LogP contribution in [0.25, 0.3) is 0 Å². The second-order valence-corrected chi connectivity index (χ2v) is 8.43. The standard InChI is InChI=1S/C26H21F4N3O6/c1-14(34)32-19-12-15(5-7-17(19)24(36)37-2)23(35)33-25(9-11-38-21-4-3-10-31-22(21)25)16-6-8-20(18(27)13-16)39-26(28,29)30/h3-8,10,12-13H,9,11H2,1-2H3,(H,32,34)(H,33,35)/t25-/m0/s1. The van der Waals surface area contributed by atoms with E-state index < -0.39 is 41.3 Å². The van der Waals surface area contributed by atoms with Gasteiger partial charge in [-0.2, -0.15) is 0 Å². The Morgan fingerprint density at radius 1 is 1.10 bits per heavy atom. The highest BCUT2D eigenvalue weighted by molar-refractivity contribution is 6.04. The Hall–Kier alpha value is -4.68. The summed E-state index contributed by atoms with van der Waals surface area (Å²) in [5.74, 6) is -4.04. The van der Waals surface area contributed by atoms with E-state index in [9.17, 15) is 31.9 Å². The first-order valence-corrected chi connectivity index (χ1v) is 11.4. The average Bonchev–Trinajstić information content (AvgIpc) is 2.88. The molecule has 0 saturated heterocycles. The van der Waals surface area contributed by atoms with Gasteiger partial charge in [-0.15, -0.1) is 13.2 Å². The molecule has 2 amide bonds. The number of rotatable bonds is 6. The number of nitrogens with zero attached hydrogens (tertiary/aromatic N) is 1. The summed E-state index contributed by atoms with van der Waals surface area (Å²) in [5, 5.41) is 5.29. The van der Waals surface area contributed by atoms with E-state index in [1.807, 2.05) is 0 Å². The van der Waals surface area contributed by atoms with Crippen LogP contribution in [0, 0.1) is 5.82 Å². The second kappa shape index (κ2) is 10.6. The number of nitrogens with one attached hydrogen (secondary N) is 2. The molecule has 0 unspecified atom stereocenters. The molecular weight excluding hydrogens is 526 g/mol. The SMILES string of the molecule is COC(=O)c1ccc(C(=O)N[C@]2(c3ccc(OC(F)(F)F)c(F)c3)CCOc3cccnc32)cc1NC(C)=O. The Bertz CT molecular complexity index is 1450. The molecule has 0 spiro atoms. The van der Waals surface area contributed by atoms with Crippen molar-refractivity contribution in [2.45, 2.75) is 25.2 Å². The van der Waals surface area contributed by atoms with Gasteiger partial charge in [-0.3, -0.25) is 14.6 Å². The van der Waals surface area contributed by atoms with E-state index in [4.69, 9.17) is 9.47 Å². The number of carbonyl (C=O) groups is 3. The number of halogens is 4. The lowest BCUT2D eigenvalue weighted by Gasteiger charge is -2.39. The maximum Gasteiger partial charge on any atom is 0.573 e. The van der Waals surface area contributed by atoms with Gasteiger partial charge in [-0.05, 0) is 48.0 Å². The van der Waals surface area contributed by atoms with Gasteiger partial charge in [-0.1, -0.05) is 6.07 Å². The normalized spacial score (nSPS) is 16.4. The predicted octanol–water partition coefficient (Wildman–Crippen LogP) is 4.32. The van der Waals surface area contributed by atoms with Gasteiger partial charge in [0, 0.05) is 25.1 Å². The van der Waals surface area contributed by atoms with E-state index in [0.29, 0.717) is 0 Å². The highest BCUT2D eigenvalue weighted by atomic mass is 19.4. The third-order valence-electron chi connectivity index (χ3n) is 5.88. The Morgan fingerprint density at radius 2 is 1.87 bits per heavy atom. The number of esters is 1. The molecule has 1 atom stereocenters. The van der Waals surface area contributed by atoms with E-state index in [0.717, 1.165) is 19.2 Å². The van der Waals surface area contributed by atoms with Crippen LogP contribution < -0.4 is 20.1 Å². The average molecular weight is 547 g/mol. The van der Waals surface area contributed by atoms with Crippen molar-refractivity contribution >= 4 is 23.5 Å². The molecule has 9 nitrogen and oxygen atoms in total. The number of hydrogen-bond donors (Lipinski definition) is 2. The zero-order valence-corrected chi connectivity index (χ0v) is 20.5. The molecule has 0 fully saturated rings. The van der Waals surface area contributed by atoms with Crippen LogP contribution in [0.4, 0.5) is 23.2 Å². The van der Waals surface area contributed by atoms with Gasteiger partial charge < -0.3 is 24.8 Å². The number of alkyl halides is 3. The van der Waals surface area contributed by atoms with Crippen molar-refractivity contribution in [3.05, 3.63) is 82.9 Å². The summed E-state index contributed by atoms with van der Waals surface area (Å²) in [4.78, 5) is 41.7. The highest BCUT2D eigenvalue weighted by Gasteiger charge is 2.43. The van der Waals surface area contributed by atoms with Crippen LogP contribution >= 0.6 is 0 Å². The number of aromatic nitrogens is 1. The minimum absolute atomic E-state index is 0.000587. The molecule has 0 radical (unpaired) electrons. The fourth-order valence-corrected chi connectivity index (χ4v) is 4.24. The van der Waals surface area contributed by atoms with Crippen molar-refractivity contribution < 1.29 is 46.2 Å². The minimum atomic E-state index is -5.11. The zero-order valence-electron chi connectivity index (χ0n) is 20.5. The topological polar surface area (TPSA) is 116 Å². The van der Waals surface area contributed by atoms with Crippen molar-refractivity contribution in [1.82, 2.24) is 10.3 Å². The fraction of sp³-hybridized carbons (Fsp3) is 0.231. The Kier molecular flexibility index (Phi) is 7.43. The lowest BCUT2D eigenvalue weighted by molar-refractivity contribution is -0.275. The quantitative estimate of drug-likeness (QED) is 0.349. The van der Waals surface area contributed by atoms with Crippen LogP contribution in [0.15, 0.2) is 54.7 Å². The number of amides is 2. The number of carbonyl (C=O) groups excluding carboxylic acids is 3. The van der Waals surface area contributed by atoms with Crippen molar-refractivity contribution in [2.75, 3.05) is 19.0 Å². The smallest absolute Gasteiger partial charge is 0.491 e. The first kappa shape index (κ1) is 27.4. The van der Waals surface area contributed by atoms with E-state index in [-0.39, 0.29) is 46.8 Å². The Labute approximate surface area is 219 Å². The number of ether oxygens (including phenoxy) is 3. The Morgan fingerprint density at radius 3 is 2.54 bits per heavy atom. The first-order valence-electron chi connectivity index (χ1n) is 11.4. The molecule has 204 valence electrons. The summed E-state index contributed by atoms with van der Waals surface area (Å²) in [7, 11) is 1.16. The van der Waals surface area contributed by atoms with Crippen LogP contribution in [0.3, 0.4) is 0 Å². The maximum absolute atomic E-state index is 14.8.